The summed E-state index contributed by atoms with van der Waals surface area (Å²) in [6.07, 6.45) is 8.97. The van der Waals surface area contributed by atoms with E-state index in [4.69, 9.17) is 10.7 Å². The van der Waals surface area contributed by atoms with E-state index in [-0.39, 0.29) is 36.3 Å². The van der Waals surface area contributed by atoms with Gasteiger partial charge in [-0.15, -0.1) is 0 Å². The molecule has 4 heterocycles. The Balaban J connectivity index is 1.44. The number of rotatable bonds is 5. The van der Waals surface area contributed by atoms with Crippen LogP contribution in [0.2, 0.25) is 0 Å². The zero-order valence-electron chi connectivity index (χ0n) is 21.3. The number of nitrogens with two attached hydrogens (primary N) is 1. The highest BCUT2D eigenvalue weighted by Gasteiger charge is 2.52. The number of guanidine groups is 1. The molecule has 4 aliphatic rings. The molecule has 8 nitrogen and oxygen atoms in total. The predicted molar refractivity (Wildman–Crippen MR) is 144 cm³/mol. The van der Waals surface area contributed by atoms with Gasteiger partial charge in [0, 0.05) is 37.3 Å². The summed E-state index contributed by atoms with van der Waals surface area (Å²) in [6.45, 7) is 1.69. The molecule has 2 aromatic carbocycles. The summed E-state index contributed by atoms with van der Waals surface area (Å²) in [7, 11) is 0. The van der Waals surface area contributed by atoms with Crippen molar-refractivity contribution in [3.63, 3.8) is 0 Å². The van der Waals surface area contributed by atoms with E-state index in [2.05, 4.69) is 0 Å². The van der Waals surface area contributed by atoms with E-state index in [0.717, 1.165) is 36.1 Å². The van der Waals surface area contributed by atoms with Crippen molar-refractivity contribution in [3.05, 3.63) is 95.2 Å². The van der Waals surface area contributed by atoms with Gasteiger partial charge in [0.05, 0.1) is 6.54 Å². The molecule has 3 amide bonds. The van der Waals surface area contributed by atoms with Crippen LogP contribution >= 0.6 is 0 Å². The molecule has 6 bridgehead atoms. The highest BCUT2D eigenvalue weighted by Crippen LogP contribution is 2.44. The fraction of sp³-hybridized carbons (Fsp3) is 0.333. The first-order valence-electron chi connectivity index (χ1n) is 13.3. The molecule has 0 spiro atoms. The van der Waals surface area contributed by atoms with Gasteiger partial charge in [-0.2, -0.15) is 0 Å². The van der Waals surface area contributed by atoms with Crippen molar-refractivity contribution in [2.24, 2.45) is 10.7 Å². The number of carbonyl (C=O) groups excluding carboxylic acids is 3. The molecule has 2 N–H and O–H groups in total. The average Bonchev–Trinajstić information content (AvgIpc) is 3.36. The minimum absolute atomic E-state index is 0.0862. The lowest BCUT2D eigenvalue weighted by atomic mass is 9.78. The highest BCUT2D eigenvalue weighted by molar-refractivity contribution is 6.09. The van der Waals surface area contributed by atoms with Crippen molar-refractivity contribution < 1.29 is 14.4 Å². The van der Waals surface area contributed by atoms with Gasteiger partial charge in [-0.1, -0.05) is 48.5 Å². The summed E-state index contributed by atoms with van der Waals surface area (Å²) in [6, 6.07) is 16.7. The number of hydrogen-bond donors (Lipinski definition) is 1. The van der Waals surface area contributed by atoms with Crippen LogP contribution in [0.4, 0.5) is 0 Å². The molecule has 0 aromatic heterocycles. The summed E-state index contributed by atoms with van der Waals surface area (Å²) in [5.74, 6) is 0.0949. The molecule has 8 heteroatoms. The van der Waals surface area contributed by atoms with Crippen LogP contribution in [-0.4, -0.2) is 57.5 Å². The SMILES string of the molecule is NC1=NC2(c3ccccc3)C(=O)N1Cc1cccc(c1)C(=O)N1C=CC=C2CC1CCCN1CCCC1=O. The smallest absolute Gasteiger partial charge is 0.266 e. The van der Waals surface area contributed by atoms with Gasteiger partial charge in [0.15, 0.2) is 11.5 Å². The maximum absolute atomic E-state index is 14.3. The molecule has 6 rings (SSSR count). The van der Waals surface area contributed by atoms with E-state index in [9.17, 15) is 14.4 Å². The molecule has 0 aliphatic carbocycles. The third kappa shape index (κ3) is 4.00. The summed E-state index contributed by atoms with van der Waals surface area (Å²) in [4.78, 5) is 50.4. The molecule has 1 fully saturated rings. The lowest BCUT2D eigenvalue weighted by molar-refractivity contribution is -0.131. The van der Waals surface area contributed by atoms with Crippen LogP contribution in [0, 0.1) is 0 Å². The molecule has 2 unspecified atom stereocenters. The van der Waals surface area contributed by atoms with Crippen molar-refractivity contribution in [2.75, 3.05) is 13.1 Å². The van der Waals surface area contributed by atoms with E-state index < -0.39 is 5.54 Å². The number of allylic oxidation sites excluding steroid dienone is 2. The largest absolute Gasteiger partial charge is 0.369 e. The van der Waals surface area contributed by atoms with Gasteiger partial charge in [0.1, 0.15) is 0 Å². The Morgan fingerprint density at radius 2 is 1.89 bits per heavy atom. The molecule has 2 atom stereocenters. The lowest BCUT2D eigenvalue weighted by Gasteiger charge is -2.34. The quantitative estimate of drug-likeness (QED) is 0.669. The van der Waals surface area contributed by atoms with Crippen molar-refractivity contribution in [2.45, 2.75) is 50.2 Å². The van der Waals surface area contributed by atoms with Gasteiger partial charge in [0.25, 0.3) is 11.8 Å². The van der Waals surface area contributed by atoms with Crippen LogP contribution in [0.5, 0.6) is 0 Å². The molecule has 194 valence electrons. The number of likely N-dealkylation sites (tertiary alicyclic amines) is 1. The number of amides is 3. The van der Waals surface area contributed by atoms with E-state index in [1.165, 1.54) is 4.90 Å². The van der Waals surface area contributed by atoms with Crippen LogP contribution in [0.3, 0.4) is 0 Å². The average molecular weight is 510 g/mol. The monoisotopic (exact) mass is 509 g/mol. The molecule has 1 saturated heterocycles. The first kappa shape index (κ1) is 24.2. The lowest BCUT2D eigenvalue weighted by Crippen LogP contribution is -2.45. The molecule has 38 heavy (non-hydrogen) atoms. The number of nitrogens with zero attached hydrogens (tertiary/aromatic N) is 4. The summed E-state index contributed by atoms with van der Waals surface area (Å²) in [5.41, 5.74) is 8.07. The normalized spacial score (nSPS) is 24.8. The first-order valence-corrected chi connectivity index (χ1v) is 13.3. The van der Waals surface area contributed by atoms with Crippen molar-refractivity contribution in [1.29, 1.82) is 0 Å². The predicted octanol–water partition coefficient (Wildman–Crippen LogP) is 3.31. The Bertz CT molecular complexity index is 1380. The van der Waals surface area contributed by atoms with E-state index in [1.54, 1.807) is 4.90 Å². The van der Waals surface area contributed by atoms with Gasteiger partial charge >= 0.3 is 0 Å². The minimum atomic E-state index is -1.30. The highest BCUT2D eigenvalue weighted by atomic mass is 16.2. The van der Waals surface area contributed by atoms with Gasteiger partial charge in [0.2, 0.25) is 5.91 Å². The zero-order chi connectivity index (χ0) is 26.3. The van der Waals surface area contributed by atoms with Gasteiger partial charge in [-0.25, -0.2) is 4.99 Å². The Labute approximate surface area is 222 Å². The Hall–Kier alpha value is -4.20. The second kappa shape index (κ2) is 9.59. The third-order valence-electron chi connectivity index (χ3n) is 8.05. The second-order valence-electron chi connectivity index (χ2n) is 10.4. The zero-order valence-corrected chi connectivity index (χ0v) is 21.3. The molecular formula is C30H31N5O3. The van der Waals surface area contributed by atoms with Crippen LogP contribution in [0.15, 0.2) is 83.5 Å². The van der Waals surface area contributed by atoms with Gasteiger partial charge < -0.3 is 15.5 Å². The maximum Gasteiger partial charge on any atom is 0.266 e. The Morgan fingerprint density at radius 1 is 1.05 bits per heavy atom. The van der Waals surface area contributed by atoms with Gasteiger partial charge in [-0.05, 0) is 60.6 Å². The van der Waals surface area contributed by atoms with Gasteiger partial charge in [-0.3, -0.25) is 19.3 Å². The number of benzene rings is 2. The molecular weight excluding hydrogens is 478 g/mol. The summed E-state index contributed by atoms with van der Waals surface area (Å²) < 4.78 is 0. The van der Waals surface area contributed by atoms with Crippen molar-refractivity contribution in [3.8, 4) is 0 Å². The van der Waals surface area contributed by atoms with E-state index in [0.29, 0.717) is 31.4 Å². The molecule has 2 aromatic rings. The van der Waals surface area contributed by atoms with Crippen LogP contribution < -0.4 is 5.73 Å². The molecule has 4 aliphatic heterocycles. The molecule has 0 radical (unpaired) electrons. The van der Waals surface area contributed by atoms with Crippen LogP contribution in [-0.2, 0) is 21.7 Å². The Morgan fingerprint density at radius 3 is 2.68 bits per heavy atom. The third-order valence-corrected chi connectivity index (χ3v) is 8.05. The number of fused-ring (bicyclic) bond motifs is 8. The van der Waals surface area contributed by atoms with Crippen LogP contribution in [0.1, 0.15) is 53.6 Å². The maximum atomic E-state index is 14.3. The molecule has 0 saturated carbocycles. The topological polar surface area (TPSA) is 99.3 Å². The summed E-state index contributed by atoms with van der Waals surface area (Å²) in [5, 5.41) is 0. The second-order valence-corrected chi connectivity index (χ2v) is 10.4. The fourth-order valence-corrected chi connectivity index (χ4v) is 6.12. The van der Waals surface area contributed by atoms with Crippen LogP contribution in [0.25, 0.3) is 0 Å². The van der Waals surface area contributed by atoms with Crippen molar-refractivity contribution in [1.82, 2.24) is 14.7 Å². The minimum Gasteiger partial charge on any atom is -0.369 e. The number of aliphatic imine (C=N–C) groups is 1. The summed E-state index contributed by atoms with van der Waals surface area (Å²) >= 11 is 0. The van der Waals surface area contributed by atoms with E-state index in [1.807, 2.05) is 77.8 Å². The van der Waals surface area contributed by atoms with Crippen molar-refractivity contribution >= 4 is 23.7 Å². The van der Waals surface area contributed by atoms with E-state index >= 15 is 0 Å². The first-order chi connectivity index (χ1) is 18.5. The standard InChI is InChI=1S/C30H31N5O3/c31-29-32-30(23-10-2-1-3-11-23)24-12-5-17-34(25(19-24)13-6-15-33-16-7-14-26(33)36)27(37)22-9-4-8-21(18-22)20-35(29)28(30)38/h1-5,8-12,17-18,25H,6-7,13-16,19-20H2,(H2,31,32). The Kier molecular flexibility index (Phi) is 6.10. The number of hydrogen-bond acceptors (Lipinski definition) is 5. The number of carbonyl (C=O) groups is 3. The fourth-order valence-electron chi connectivity index (χ4n) is 6.12.